The molecular formula is C18H29NO. The smallest absolute Gasteiger partial charge is 0.115 e. The molecule has 0 heterocycles. The van der Waals surface area contributed by atoms with Gasteiger partial charge in [0.25, 0.3) is 0 Å². The van der Waals surface area contributed by atoms with Crippen molar-refractivity contribution in [3.05, 3.63) is 33.7 Å². The van der Waals surface area contributed by atoms with Crippen molar-refractivity contribution in [3.63, 3.8) is 0 Å². The van der Waals surface area contributed by atoms with E-state index in [1.165, 1.54) is 0 Å². The maximum absolute atomic E-state index is 11.6. The van der Waals surface area contributed by atoms with Gasteiger partial charge in [-0.1, -0.05) is 74.4 Å². The molecule has 1 aromatic rings. The zero-order valence-electron chi connectivity index (χ0n) is 16.4. The van der Waals surface area contributed by atoms with Gasteiger partial charge in [0.1, 0.15) is 5.69 Å². The third kappa shape index (κ3) is 3.47. The minimum absolute atomic E-state index is 0.281. The van der Waals surface area contributed by atoms with E-state index in [2.05, 4.69) is 5.18 Å². The number of hydrogen-bond donors (Lipinski definition) is 0. The summed E-state index contributed by atoms with van der Waals surface area (Å²) in [7, 11) is 0. The normalized spacial score (nSPS) is 14.8. The number of benzene rings is 1. The molecule has 0 aliphatic rings. The van der Waals surface area contributed by atoms with E-state index in [9.17, 15) is 4.91 Å². The van der Waals surface area contributed by atoms with Gasteiger partial charge in [0.15, 0.2) is 0 Å². The highest BCUT2D eigenvalue weighted by Crippen LogP contribution is 2.42. The maximum atomic E-state index is 11.6. The second-order valence-corrected chi connectivity index (χ2v) is 8.56. The van der Waals surface area contributed by atoms with Gasteiger partial charge in [0.05, 0.1) is 2.74 Å². The van der Waals surface area contributed by atoms with Crippen LogP contribution in [0.25, 0.3) is 0 Å². The summed E-state index contributed by atoms with van der Waals surface area (Å²) in [6.45, 7) is 17.9. The third-order valence-corrected chi connectivity index (χ3v) is 3.31. The van der Waals surface area contributed by atoms with E-state index in [-0.39, 0.29) is 34.0 Å². The molecule has 112 valence electrons. The van der Waals surface area contributed by atoms with E-state index < -0.39 is 0 Å². The van der Waals surface area contributed by atoms with Crippen LogP contribution in [-0.4, -0.2) is 0 Å². The predicted octanol–water partition coefficient (Wildman–Crippen LogP) is 5.98. The number of nitrogens with zero attached hydrogens (tertiary/aromatic N) is 1. The summed E-state index contributed by atoms with van der Waals surface area (Å²) >= 11 is 0. The number of nitroso groups, excluding NO2 is 1. The van der Waals surface area contributed by atoms with Crippen molar-refractivity contribution < 1.29 is 2.74 Å². The highest BCUT2D eigenvalue weighted by atomic mass is 16.3. The Hall–Kier alpha value is -1.18. The lowest BCUT2D eigenvalue weighted by Crippen LogP contribution is -2.21. The molecule has 0 spiro atoms. The standard InChI is InChI=1S/C18H29NO/c1-16(2,3)12-10-13(17(4,5)6)15(19-20)14(11-12)18(7,8)9/h10-11H,1-9H3/i10D,11D. The summed E-state index contributed by atoms with van der Waals surface area (Å²) in [4.78, 5) is 11.6. The van der Waals surface area contributed by atoms with Crippen molar-refractivity contribution in [1.82, 2.24) is 0 Å². The summed E-state index contributed by atoms with van der Waals surface area (Å²) in [5, 5.41) is 3.26. The van der Waals surface area contributed by atoms with Gasteiger partial charge in [-0.3, -0.25) is 0 Å². The molecule has 2 nitrogen and oxygen atoms in total. The van der Waals surface area contributed by atoms with Crippen LogP contribution in [-0.2, 0) is 16.2 Å². The van der Waals surface area contributed by atoms with Crippen molar-refractivity contribution in [2.75, 3.05) is 0 Å². The predicted molar refractivity (Wildman–Crippen MR) is 88.0 cm³/mol. The Bertz CT molecular complexity index is 558. The Morgan fingerprint density at radius 3 is 1.35 bits per heavy atom. The summed E-state index contributed by atoms with van der Waals surface area (Å²) in [6, 6.07) is 0.570. The lowest BCUT2D eigenvalue weighted by Gasteiger charge is -2.31. The third-order valence-electron chi connectivity index (χ3n) is 3.31. The van der Waals surface area contributed by atoms with Gasteiger partial charge in [-0.05, 0) is 38.1 Å². The molecule has 0 aromatic heterocycles. The minimum Gasteiger partial charge on any atom is -0.145 e. The molecule has 0 saturated carbocycles. The van der Waals surface area contributed by atoms with E-state index in [1.807, 2.05) is 62.3 Å². The molecule has 0 aliphatic heterocycles. The van der Waals surface area contributed by atoms with E-state index >= 15 is 0 Å². The summed E-state index contributed by atoms with van der Waals surface area (Å²) < 4.78 is 17.3. The van der Waals surface area contributed by atoms with Gasteiger partial charge in [0, 0.05) is 0 Å². The second-order valence-electron chi connectivity index (χ2n) is 8.56. The molecule has 0 amide bonds. The monoisotopic (exact) mass is 277 g/mol. The van der Waals surface area contributed by atoms with Crippen LogP contribution in [0.5, 0.6) is 0 Å². The first kappa shape index (κ1) is 13.8. The van der Waals surface area contributed by atoms with Crippen LogP contribution in [0.1, 0.15) is 81.7 Å². The number of rotatable bonds is 1. The summed E-state index contributed by atoms with van der Waals surface area (Å²) in [5.41, 5.74) is 1.16. The molecule has 0 unspecified atom stereocenters. The molecule has 2 heteroatoms. The largest absolute Gasteiger partial charge is 0.145 e. The Balaban J connectivity index is 4.16. The zero-order valence-corrected chi connectivity index (χ0v) is 14.4. The van der Waals surface area contributed by atoms with Gasteiger partial charge in [-0.2, -0.15) is 0 Å². The van der Waals surface area contributed by atoms with Crippen LogP contribution in [0, 0.1) is 4.91 Å². The van der Waals surface area contributed by atoms with E-state index in [0.29, 0.717) is 16.7 Å². The molecule has 0 aliphatic carbocycles. The number of hydrogen-bond acceptors (Lipinski definition) is 2. The van der Waals surface area contributed by atoms with Gasteiger partial charge >= 0.3 is 0 Å². The topological polar surface area (TPSA) is 29.4 Å². The maximum Gasteiger partial charge on any atom is 0.115 e. The average Bonchev–Trinajstić information content (AvgIpc) is 2.21. The SMILES string of the molecule is [2H]c1c(C(C)(C)C)c([2H])c(C(C)(C)C)c(N=O)c1C(C)(C)C. The first-order valence-electron chi connectivity index (χ1n) is 8.16. The average molecular weight is 277 g/mol. The van der Waals surface area contributed by atoms with Crippen molar-refractivity contribution >= 4 is 5.69 Å². The molecule has 20 heavy (non-hydrogen) atoms. The molecule has 0 saturated heterocycles. The molecule has 1 aromatic carbocycles. The van der Waals surface area contributed by atoms with E-state index in [1.54, 1.807) is 0 Å². The van der Waals surface area contributed by atoms with Crippen LogP contribution in [0.4, 0.5) is 5.69 Å². The Morgan fingerprint density at radius 2 is 1.15 bits per heavy atom. The summed E-state index contributed by atoms with van der Waals surface area (Å²) in [6.07, 6.45) is 0. The second kappa shape index (κ2) is 4.98. The molecule has 0 atom stereocenters. The Kier molecular flexibility index (Phi) is 3.43. The van der Waals surface area contributed by atoms with Crippen LogP contribution in [0.3, 0.4) is 0 Å². The molecule has 0 bridgehead atoms. The first-order valence-corrected chi connectivity index (χ1v) is 7.16. The fourth-order valence-electron chi connectivity index (χ4n) is 2.08. The molecule has 0 radical (unpaired) electrons. The van der Waals surface area contributed by atoms with E-state index in [4.69, 9.17) is 2.74 Å². The molecule has 0 N–H and O–H groups in total. The van der Waals surface area contributed by atoms with Crippen molar-refractivity contribution in [2.45, 2.75) is 78.6 Å². The quantitative estimate of drug-likeness (QED) is 0.581. The van der Waals surface area contributed by atoms with Crippen LogP contribution < -0.4 is 0 Å². The van der Waals surface area contributed by atoms with Gasteiger partial charge in [-0.25, -0.2) is 0 Å². The van der Waals surface area contributed by atoms with Crippen molar-refractivity contribution in [3.8, 4) is 0 Å². The zero-order chi connectivity index (χ0) is 17.7. The molecule has 0 fully saturated rings. The van der Waals surface area contributed by atoms with Crippen LogP contribution in [0.2, 0.25) is 0 Å². The fourth-order valence-corrected chi connectivity index (χ4v) is 2.08. The highest BCUT2D eigenvalue weighted by molar-refractivity contribution is 5.60. The Labute approximate surface area is 126 Å². The highest BCUT2D eigenvalue weighted by Gasteiger charge is 2.29. The first-order chi connectivity index (χ1) is 9.64. The van der Waals surface area contributed by atoms with E-state index in [0.717, 1.165) is 0 Å². The Morgan fingerprint density at radius 1 is 0.800 bits per heavy atom. The van der Waals surface area contributed by atoms with Gasteiger partial charge < -0.3 is 0 Å². The van der Waals surface area contributed by atoms with Crippen molar-refractivity contribution in [2.24, 2.45) is 5.18 Å². The lowest BCUT2D eigenvalue weighted by atomic mass is 9.74. The van der Waals surface area contributed by atoms with Crippen LogP contribution in [0.15, 0.2) is 17.3 Å². The van der Waals surface area contributed by atoms with Gasteiger partial charge in [-0.15, -0.1) is 4.91 Å². The molecular weight excluding hydrogens is 246 g/mol. The van der Waals surface area contributed by atoms with Crippen LogP contribution >= 0.6 is 0 Å². The van der Waals surface area contributed by atoms with Gasteiger partial charge in [0.2, 0.25) is 0 Å². The minimum atomic E-state index is -0.381. The molecule has 1 rings (SSSR count). The summed E-state index contributed by atoms with van der Waals surface area (Å²) in [5.74, 6) is 0. The van der Waals surface area contributed by atoms with Crippen molar-refractivity contribution in [1.29, 1.82) is 0 Å². The lowest BCUT2D eigenvalue weighted by molar-refractivity contribution is 0.550. The fraction of sp³-hybridized carbons (Fsp3) is 0.667.